The lowest BCUT2D eigenvalue weighted by Crippen LogP contribution is -2.61. The van der Waals surface area contributed by atoms with Crippen LogP contribution in [0, 0.1) is 10.1 Å². The number of Topliss-reactive ketones (excluding diaryl/α,β-unsaturated/α-hetero) is 1. The van der Waals surface area contributed by atoms with Gasteiger partial charge in [-0.2, -0.15) is 5.10 Å². The monoisotopic (exact) mass is 551 g/mol. The number of anilines is 1. The van der Waals surface area contributed by atoms with E-state index in [0.717, 1.165) is 22.4 Å². The zero-order chi connectivity index (χ0) is 28.7. The summed E-state index contributed by atoms with van der Waals surface area (Å²) in [6, 6.07) is 42.8. The molecule has 0 aromatic heterocycles. The molecule has 5 aromatic carbocycles. The standard InChI is InChI=1S/C35H25N3O4/c39-33-29-18-10-11-19-30(29)42-34(26-14-6-2-7-15-26)35(33)31(24-20-22-28(23-21-24)38(40)41)32(25-12-4-1-5-13-25)36-37(35)27-16-8-3-9-17-27/h1-23,31,34H. The Kier molecular flexibility index (Phi) is 6.12. The van der Waals surface area contributed by atoms with Gasteiger partial charge in [0.15, 0.2) is 17.4 Å². The van der Waals surface area contributed by atoms with E-state index in [0.29, 0.717) is 17.0 Å². The number of hydrazone groups is 1. The van der Waals surface area contributed by atoms with Gasteiger partial charge in [-0.05, 0) is 41.0 Å². The van der Waals surface area contributed by atoms with Crippen LogP contribution in [-0.4, -0.2) is 22.0 Å². The van der Waals surface area contributed by atoms with Crippen molar-refractivity contribution in [2.75, 3.05) is 5.01 Å². The van der Waals surface area contributed by atoms with Gasteiger partial charge in [0, 0.05) is 12.1 Å². The molecule has 0 fully saturated rings. The number of rotatable bonds is 5. The Hall–Kier alpha value is -5.56. The number of ketones is 1. The summed E-state index contributed by atoms with van der Waals surface area (Å²) in [6.45, 7) is 0. The number of fused-ring (bicyclic) bond motifs is 1. The number of non-ortho nitro benzene ring substituents is 1. The van der Waals surface area contributed by atoms with Crippen molar-refractivity contribution in [3.63, 3.8) is 0 Å². The van der Waals surface area contributed by atoms with Gasteiger partial charge in [-0.25, -0.2) is 5.01 Å². The highest BCUT2D eigenvalue weighted by Gasteiger charge is 2.66. The quantitative estimate of drug-likeness (QED) is 0.168. The van der Waals surface area contributed by atoms with Gasteiger partial charge in [0.05, 0.1) is 27.8 Å². The number of para-hydroxylation sites is 2. The molecule has 0 amide bonds. The summed E-state index contributed by atoms with van der Waals surface area (Å²) in [5, 5.41) is 18.6. The first-order valence-electron chi connectivity index (χ1n) is 13.7. The number of benzene rings is 5. The number of nitro benzene ring substituents is 1. The lowest BCUT2D eigenvalue weighted by Gasteiger charge is -2.48. The van der Waals surface area contributed by atoms with Crippen LogP contribution in [0.3, 0.4) is 0 Å². The van der Waals surface area contributed by atoms with E-state index < -0.39 is 22.5 Å². The Morgan fingerprint density at radius 2 is 1.31 bits per heavy atom. The third-order valence-corrected chi connectivity index (χ3v) is 8.02. The Morgan fingerprint density at radius 3 is 1.98 bits per heavy atom. The van der Waals surface area contributed by atoms with Crippen molar-refractivity contribution < 1.29 is 14.5 Å². The summed E-state index contributed by atoms with van der Waals surface area (Å²) < 4.78 is 6.83. The van der Waals surface area contributed by atoms with Crippen molar-refractivity contribution in [3.8, 4) is 5.75 Å². The Labute approximate surface area is 242 Å². The van der Waals surface area contributed by atoms with Crippen molar-refractivity contribution in [2.45, 2.75) is 17.6 Å². The fourth-order valence-corrected chi connectivity index (χ4v) is 6.20. The van der Waals surface area contributed by atoms with Crippen LogP contribution in [0.15, 0.2) is 145 Å². The fraction of sp³-hybridized carbons (Fsp3) is 0.0857. The molecule has 0 radical (unpaired) electrons. The van der Waals surface area contributed by atoms with Gasteiger partial charge in [-0.1, -0.05) is 103 Å². The molecular weight excluding hydrogens is 526 g/mol. The smallest absolute Gasteiger partial charge is 0.269 e. The molecule has 2 aliphatic rings. The average Bonchev–Trinajstić information content (AvgIpc) is 3.40. The molecule has 0 N–H and O–H groups in total. The van der Waals surface area contributed by atoms with Crippen LogP contribution in [0.1, 0.15) is 39.1 Å². The summed E-state index contributed by atoms with van der Waals surface area (Å²) >= 11 is 0. The molecular formula is C35H25N3O4. The molecule has 1 spiro atoms. The third-order valence-electron chi connectivity index (χ3n) is 8.02. The third kappa shape index (κ3) is 3.89. The molecule has 0 aliphatic carbocycles. The minimum Gasteiger partial charge on any atom is -0.482 e. The molecule has 5 aromatic rings. The van der Waals surface area contributed by atoms with Gasteiger partial charge in [0.2, 0.25) is 0 Å². The average molecular weight is 552 g/mol. The molecule has 0 saturated heterocycles. The van der Waals surface area contributed by atoms with Crippen molar-refractivity contribution in [3.05, 3.63) is 172 Å². The first kappa shape index (κ1) is 25.4. The maximum Gasteiger partial charge on any atom is 0.269 e. The molecule has 7 rings (SSSR count). The van der Waals surface area contributed by atoms with Crippen LogP contribution in [0.2, 0.25) is 0 Å². The van der Waals surface area contributed by atoms with Gasteiger partial charge in [-0.15, -0.1) is 0 Å². The molecule has 3 unspecified atom stereocenters. The van der Waals surface area contributed by atoms with E-state index in [1.165, 1.54) is 12.1 Å². The number of carbonyl (C=O) groups excluding carboxylic acids is 1. The largest absolute Gasteiger partial charge is 0.482 e. The number of carbonyl (C=O) groups is 1. The van der Waals surface area contributed by atoms with E-state index in [1.807, 2.05) is 114 Å². The van der Waals surface area contributed by atoms with Crippen LogP contribution in [0.4, 0.5) is 11.4 Å². The number of nitrogens with zero attached hydrogens (tertiary/aromatic N) is 3. The maximum atomic E-state index is 15.2. The van der Waals surface area contributed by atoms with E-state index in [9.17, 15) is 10.1 Å². The molecule has 42 heavy (non-hydrogen) atoms. The van der Waals surface area contributed by atoms with E-state index in [1.54, 1.807) is 18.2 Å². The summed E-state index contributed by atoms with van der Waals surface area (Å²) in [4.78, 5) is 26.4. The zero-order valence-corrected chi connectivity index (χ0v) is 22.4. The first-order chi connectivity index (χ1) is 20.6. The molecule has 0 saturated carbocycles. The lowest BCUT2D eigenvalue weighted by molar-refractivity contribution is -0.384. The van der Waals surface area contributed by atoms with Crippen molar-refractivity contribution in [1.29, 1.82) is 0 Å². The Morgan fingerprint density at radius 1 is 0.714 bits per heavy atom. The number of nitro groups is 1. The molecule has 2 aliphatic heterocycles. The van der Waals surface area contributed by atoms with Gasteiger partial charge in [0.1, 0.15) is 5.75 Å². The number of hydrogen-bond acceptors (Lipinski definition) is 6. The summed E-state index contributed by atoms with van der Waals surface area (Å²) in [6.07, 6.45) is -0.772. The second-order valence-corrected chi connectivity index (χ2v) is 10.3. The highest BCUT2D eigenvalue weighted by atomic mass is 16.6. The normalized spacial score (nSPS) is 21.0. The predicted octanol–water partition coefficient (Wildman–Crippen LogP) is 7.36. The van der Waals surface area contributed by atoms with Crippen LogP contribution < -0.4 is 9.75 Å². The van der Waals surface area contributed by atoms with Crippen molar-refractivity contribution in [1.82, 2.24) is 0 Å². The second-order valence-electron chi connectivity index (χ2n) is 10.3. The van der Waals surface area contributed by atoms with E-state index >= 15 is 4.79 Å². The minimum atomic E-state index is -1.40. The Balaban J connectivity index is 1.58. The molecule has 3 atom stereocenters. The SMILES string of the molecule is O=C1c2ccccc2OC(c2ccccc2)C12C(c1ccc([N+](=O)[O-])cc1)C(c1ccccc1)=NN2c1ccccc1. The minimum absolute atomic E-state index is 0.0277. The lowest BCUT2D eigenvalue weighted by atomic mass is 9.65. The van der Waals surface area contributed by atoms with Crippen LogP contribution in [0.25, 0.3) is 0 Å². The van der Waals surface area contributed by atoms with Gasteiger partial charge < -0.3 is 4.74 Å². The Bertz CT molecular complexity index is 1810. The maximum absolute atomic E-state index is 15.2. The van der Waals surface area contributed by atoms with Crippen LogP contribution in [0.5, 0.6) is 5.75 Å². The highest BCUT2D eigenvalue weighted by molar-refractivity contribution is 6.19. The van der Waals surface area contributed by atoms with Gasteiger partial charge in [0.25, 0.3) is 5.69 Å². The molecule has 204 valence electrons. The van der Waals surface area contributed by atoms with Gasteiger partial charge in [-0.3, -0.25) is 14.9 Å². The molecule has 0 bridgehead atoms. The summed E-state index contributed by atoms with van der Waals surface area (Å²) in [5.74, 6) is -0.280. The molecule has 2 heterocycles. The van der Waals surface area contributed by atoms with E-state index in [2.05, 4.69) is 0 Å². The summed E-state index contributed by atoms with van der Waals surface area (Å²) in [5.41, 5.74) is 2.81. The molecule has 7 nitrogen and oxygen atoms in total. The van der Waals surface area contributed by atoms with E-state index in [-0.39, 0.29) is 11.5 Å². The zero-order valence-electron chi connectivity index (χ0n) is 22.4. The topological polar surface area (TPSA) is 85.0 Å². The van der Waals surface area contributed by atoms with Crippen molar-refractivity contribution >= 4 is 22.9 Å². The number of ether oxygens (including phenoxy) is 1. The number of hydrogen-bond donors (Lipinski definition) is 0. The van der Waals surface area contributed by atoms with Crippen LogP contribution in [-0.2, 0) is 0 Å². The summed E-state index contributed by atoms with van der Waals surface area (Å²) in [7, 11) is 0. The molecule has 7 heteroatoms. The second kappa shape index (κ2) is 10.1. The van der Waals surface area contributed by atoms with Gasteiger partial charge >= 0.3 is 0 Å². The van der Waals surface area contributed by atoms with E-state index in [4.69, 9.17) is 9.84 Å². The predicted molar refractivity (Wildman–Crippen MR) is 161 cm³/mol. The fourth-order valence-electron chi connectivity index (χ4n) is 6.20. The van der Waals surface area contributed by atoms with Crippen molar-refractivity contribution in [2.24, 2.45) is 5.10 Å². The van der Waals surface area contributed by atoms with Crippen LogP contribution >= 0.6 is 0 Å². The first-order valence-corrected chi connectivity index (χ1v) is 13.7. The highest BCUT2D eigenvalue weighted by Crippen LogP contribution is 2.56.